The van der Waals surface area contributed by atoms with Crippen LogP contribution in [0.25, 0.3) is 11.3 Å². The molecule has 28 heavy (non-hydrogen) atoms. The second-order valence-corrected chi connectivity index (χ2v) is 6.75. The number of hydrogen-bond acceptors (Lipinski definition) is 6. The van der Waals surface area contributed by atoms with Crippen LogP contribution in [0.3, 0.4) is 0 Å². The first kappa shape index (κ1) is 18.3. The zero-order valence-electron chi connectivity index (χ0n) is 15.6. The molecule has 7 heteroatoms. The van der Waals surface area contributed by atoms with Gasteiger partial charge in [0.05, 0.1) is 11.9 Å². The molecule has 1 aliphatic heterocycles. The molecule has 0 saturated carbocycles. The lowest BCUT2D eigenvalue weighted by Crippen LogP contribution is -2.31. The van der Waals surface area contributed by atoms with Gasteiger partial charge in [0.2, 0.25) is 6.79 Å². The maximum Gasteiger partial charge on any atom is 0.231 e. The topological polar surface area (TPSA) is 88.6 Å². The molecule has 2 aromatic carbocycles. The van der Waals surface area contributed by atoms with Gasteiger partial charge in [0.25, 0.3) is 0 Å². The summed E-state index contributed by atoms with van der Waals surface area (Å²) in [5.41, 5.74) is 4.33. The number of aromatic amines is 1. The molecule has 7 nitrogen and oxygen atoms in total. The van der Waals surface area contributed by atoms with E-state index in [-0.39, 0.29) is 13.4 Å². The molecule has 0 bridgehead atoms. The molecule has 0 fully saturated rings. The Balaban J connectivity index is 1.26. The van der Waals surface area contributed by atoms with Crippen molar-refractivity contribution in [3.05, 3.63) is 59.8 Å². The van der Waals surface area contributed by atoms with Gasteiger partial charge in [0, 0.05) is 30.3 Å². The van der Waals surface area contributed by atoms with Crippen molar-refractivity contribution in [3.63, 3.8) is 0 Å². The van der Waals surface area contributed by atoms with Crippen molar-refractivity contribution in [2.45, 2.75) is 19.6 Å². The SMILES string of the molecule is Cc1cccc(-c2[nH]ncc2CNCC(O)COc2ccc3c(c2)OCO3)c1. The van der Waals surface area contributed by atoms with Gasteiger partial charge in [-0.3, -0.25) is 5.10 Å². The first-order chi connectivity index (χ1) is 13.7. The van der Waals surface area contributed by atoms with Gasteiger partial charge in [-0.05, 0) is 25.1 Å². The Bertz CT molecular complexity index is 941. The summed E-state index contributed by atoms with van der Waals surface area (Å²) in [4.78, 5) is 0. The van der Waals surface area contributed by atoms with Crippen molar-refractivity contribution in [1.29, 1.82) is 0 Å². The molecule has 0 saturated heterocycles. The summed E-state index contributed by atoms with van der Waals surface area (Å²) in [6.45, 7) is 3.48. The highest BCUT2D eigenvalue weighted by atomic mass is 16.7. The van der Waals surface area contributed by atoms with Gasteiger partial charge in [0.15, 0.2) is 11.5 Å². The largest absolute Gasteiger partial charge is 0.491 e. The van der Waals surface area contributed by atoms with Crippen molar-refractivity contribution in [1.82, 2.24) is 15.5 Å². The predicted molar refractivity (Wildman–Crippen MR) is 105 cm³/mol. The van der Waals surface area contributed by atoms with Crippen LogP contribution in [0.4, 0.5) is 0 Å². The Morgan fingerprint density at radius 1 is 1.21 bits per heavy atom. The molecule has 2 heterocycles. The number of aliphatic hydroxyl groups is 1. The first-order valence-corrected chi connectivity index (χ1v) is 9.19. The highest BCUT2D eigenvalue weighted by molar-refractivity contribution is 5.63. The smallest absolute Gasteiger partial charge is 0.231 e. The zero-order chi connectivity index (χ0) is 19.3. The number of aliphatic hydroxyl groups excluding tert-OH is 1. The zero-order valence-corrected chi connectivity index (χ0v) is 15.6. The fourth-order valence-corrected chi connectivity index (χ4v) is 3.09. The second-order valence-electron chi connectivity index (χ2n) is 6.75. The summed E-state index contributed by atoms with van der Waals surface area (Å²) >= 11 is 0. The van der Waals surface area contributed by atoms with Crippen LogP contribution in [0.2, 0.25) is 0 Å². The molecule has 0 radical (unpaired) electrons. The number of ether oxygens (including phenoxy) is 3. The standard InChI is InChI=1S/C21H23N3O4/c1-14-3-2-4-15(7-14)21-16(10-23-24-21)9-22-11-17(25)12-26-18-5-6-19-20(8-18)28-13-27-19/h2-8,10,17,22,25H,9,11-13H2,1H3,(H,23,24). The second kappa shape index (κ2) is 8.33. The normalized spacial score (nSPS) is 13.5. The van der Waals surface area contributed by atoms with E-state index >= 15 is 0 Å². The minimum Gasteiger partial charge on any atom is -0.491 e. The van der Waals surface area contributed by atoms with E-state index in [1.807, 2.05) is 6.07 Å². The molecule has 146 valence electrons. The van der Waals surface area contributed by atoms with E-state index in [1.165, 1.54) is 5.56 Å². The average molecular weight is 381 g/mol. The van der Waals surface area contributed by atoms with Gasteiger partial charge in [-0.25, -0.2) is 0 Å². The molecular weight excluding hydrogens is 358 g/mol. The number of aromatic nitrogens is 2. The highest BCUT2D eigenvalue weighted by Crippen LogP contribution is 2.35. The van der Waals surface area contributed by atoms with Crippen LogP contribution in [0, 0.1) is 6.92 Å². The number of nitrogens with zero attached hydrogens (tertiary/aromatic N) is 1. The third-order valence-electron chi connectivity index (χ3n) is 4.51. The quantitative estimate of drug-likeness (QED) is 0.556. The lowest BCUT2D eigenvalue weighted by molar-refractivity contribution is 0.106. The van der Waals surface area contributed by atoms with E-state index in [2.05, 4.69) is 40.6 Å². The van der Waals surface area contributed by atoms with Gasteiger partial charge in [-0.2, -0.15) is 5.10 Å². The van der Waals surface area contributed by atoms with Gasteiger partial charge >= 0.3 is 0 Å². The summed E-state index contributed by atoms with van der Waals surface area (Å²) in [7, 11) is 0. The van der Waals surface area contributed by atoms with Crippen LogP contribution in [0.5, 0.6) is 17.2 Å². The molecule has 4 rings (SSSR count). The summed E-state index contributed by atoms with van der Waals surface area (Å²) in [6, 6.07) is 13.6. The third-order valence-corrected chi connectivity index (χ3v) is 4.51. The van der Waals surface area contributed by atoms with E-state index in [4.69, 9.17) is 14.2 Å². The van der Waals surface area contributed by atoms with Crippen molar-refractivity contribution in [2.75, 3.05) is 19.9 Å². The molecule has 3 aromatic rings. The van der Waals surface area contributed by atoms with Crippen molar-refractivity contribution < 1.29 is 19.3 Å². The van der Waals surface area contributed by atoms with Crippen LogP contribution in [-0.2, 0) is 6.54 Å². The Morgan fingerprint density at radius 3 is 3.00 bits per heavy atom. The molecule has 1 aliphatic rings. The van der Waals surface area contributed by atoms with Crippen LogP contribution in [0.1, 0.15) is 11.1 Å². The highest BCUT2D eigenvalue weighted by Gasteiger charge is 2.14. The van der Waals surface area contributed by atoms with Crippen molar-refractivity contribution in [3.8, 4) is 28.5 Å². The Labute approximate surface area is 163 Å². The number of nitrogens with one attached hydrogen (secondary N) is 2. The van der Waals surface area contributed by atoms with E-state index in [0.29, 0.717) is 30.3 Å². The number of hydrogen-bond donors (Lipinski definition) is 3. The Hall–Kier alpha value is -3.03. The fraction of sp³-hybridized carbons (Fsp3) is 0.286. The molecule has 0 aliphatic carbocycles. The molecule has 1 atom stereocenters. The monoisotopic (exact) mass is 381 g/mol. The van der Waals surface area contributed by atoms with Gasteiger partial charge in [-0.15, -0.1) is 0 Å². The van der Waals surface area contributed by atoms with Crippen LogP contribution in [-0.4, -0.2) is 41.4 Å². The lowest BCUT2D eigenvalue weighted by atomic mass is 10.1. The number of H-pyrrole nitrogens is 1. The molecular formula is C21H23N3O4. The number of benzene rings is 2. The van der Waals surface area contributed by atoms with E-state index < -0.39 is 6.10 Å². The molecule has 1 aromatic heterocycles. The number of rotatable bonds is 8. The van der Waals surface area contributed by atoms with Gasteiger partial charge < -0.3 is 24.6 Å². The van der Waals surface area contributed by atoms with Crippen LogP contribution >= 0.6 is 0 Å². The van der Waals surface area contributed by atoms with Crippen LogP contribution in [0.15, 0.2) is 48.7 Å². The molecule has 0 spiro atoms. The maximum absolute atomic E-state index is 10.2. The summed E-state index contributed by atoms with van der Waals surface area (Å²) < 4.78 is 16.2. The predicted octanol–water partition coefficient (Wildman–Crippen LogP) is 2.64. The molecule has 0 amide bonds. The summed E-state index contributed by atoms with van der Waals surface area (Å²) in [5.74, 6) is 2.01. The van der Waals surface area contributed by atoms with Crippen LogP contribution < -0.4 is 19.5 Å². The maximum atomic E-state index is 10.2. The lowest BCUT2D eigenvalue weighted by Gasteiger charge is -2.13. The van der Waals surface area contributed by atoms with E-state index in [1.54, 1.807) is 24.4 Å². The van der Waals surface area contributed by atoms with Gasteiger partial charge in [0.1, 0.15) is 18.5 Å². The van der Waals surface area contributed by atoms with Crippen molar-refractivity contribution in [2.24, 2.45) is 0 Å². The molecule has 1 unspecified atom stereocenters. The number of aryl methyl sites for hydroxylation is 1. The first-order valence-electron chi connectivity index (χ1n) is 9.19. The van der Waals surface area contributed by atoms with Gasteiger partial charge in [-0.1, -0.05) is 23.8 Å². The summed E-state index contributed by atoms with van der Waals surface area (Å²) in [5, 5.41) is 20.7. The Morgan fingerprint density at radius 2 is 2.11 bits per heavy atom. The minimum absolute atomic E-state index is 0.183. The third kappa shape index (κ3) is 4.27. The Kier molecular flexibility index (Phi) is 5.45. The summed E-state index contributed by atoms with van der Waals surface area (Å²) in [6.07, 6.45) is 1.17. The van der Waals surface area contributed by atoms with Crippen molar-refractivity contribution >= 4 is 0 Å². The fourth-order valence-electron chi connectivity index (χ4n) is 3.09. The number of fused-ring (bicyclic) bond motifs is 1. The van der Waals surface area contributed by atoms with E-state index in [9.17, 15) is 5.11 Å². The average Bonchev–Trinajstić information content (AvgIpc) is 3.35. The van der Waals surface area contributed by atoms with E-state index in [0.717, 1.165) is 16.8 Å². The molecule has 3 N–H and O–H groups in total. The minimum atomic E-state index is -0.639.